The van der Waals surface area contributed by atoms with E-state index in [0.29, 0.717) is 17.0 Å². The summed E-state index contributed by atoms with van der Waals surface area (Å²) in [6, 6.07) is 14.8. The van der Waals surface area contributed by atoms with Crippen LogP contribution in [0.15, 0.2) is 59.0 Å². The van der Waals surface area contributed by atoms with Gasteiger partial charge in [0.05, 0.1) is 4.92 Å². The van der Waals surface area contributed by atoms with E-state index in [2.05, 4.69) is 27.9 Å². The van der Waals surface area contributed by atoms with E-state index in [4.69, 9.17) is 16.0 Å². The van der Waals surface area contributed by atoms with E-state index in [1.807, 2.05) is 18.2 Å². The highest BCUT2D eigenvalue weighted by molar-refractivity contribution is 14.1. The Morgan fingerprint density at radius 1 is 1.16 bits per heavy atom. The van der Waals surface area contributed by atoms with Gasteiger partial charge in [-0.15, -0.1) is 0 Å². The number of nitro groups is 1. The molecule has 0 bridgehead atoms. The fourth-order valence-electron chi connectivity index (χ4n) is 2.18. The van der Waals surface area contributed by atoms with Crippen LogP contribution >= 0.6 is 34.2 Å². The molecule has 8 heteroatoms. The third-order valence-electron chi connectivity index (χ3n) is 3.34. The Hall–Kier alpha value is -2.39. The molecule has 25 heavy (non-hydrogen) atoms. The highest BCUT2D eigenvalue weighted by Crippen LogP contribution is 2.31. The van der Waals surface area contributed by atoms with Crippen molar-refractivity contribution in [1.82, 2.24) is 0 Å². The van der Waals surface area contributed by atoms with E-state index in [9.17, 15) is 14.9 Å². The second-order valence-corrected chi connectivity index (χ2v) is 6.70. The van der Waals surface area contributed by atoms with Gasteiger partial charge in [0.2, 0.25) is 0 Å². The van der Waals surface area contributed by atoms with Crippen LogP contribution in [0.2, 0.25) is 5.02 Å². The molecule has 0 radical (unpaired) electrons. The fourth-order valence-corrected chi connectivity index (χ4v) is 2.91. The average molecular weight is 469 g/mol. The van der Waals surface area contributed by atoms with Crippen LogP contribution in [0.5, 0.6) is 0 Å². The zero-order chi connectivity index (χ0) is 18.0. The van der Waals surface area contributed by atoms with Crippen molar-refractivity contribution in [3.8, 4) is 11.3 Å². The van der Waals surface area contributed by atoms with Crippen molar-refractivity contribution in [2.75, 3.05) is 5.32 Å². The topological polar surface area (TPSA) is 85.4 Å². The maximum absolute atomic E-state index is 12.3. The Morgan fingerprint density at radius 3 is 2.68 bits per heavy atom. The molecular formula is C17H10ClIN2O4. The molecule has 1 amide bonds. The van der Waals surface area contributed by atoms with Crippen molar-refractivity contribution >= 4 is 51.5 Å². The molecule has 1 heterocycles. The summed E-state index contributed by atoms with van der Waals surface area (Å²) in [6.45, 7) is 0. The number of nitro benzene ring substituents is 1. The zero-order valence-corrected chi connectivity index (χ0v) is 15.4. The molecule has 0 aliphatic heterocycles. The molecule has 0 aliphatic carbocycles. The number of hydrogen-bond donors (Lipinski definition) is 1. The second-order valence-electron chi connectivity index (χ2n) is 5.05. The van der Waals surface area contributed by atoms with Gasteiger partial charge >= 0.3 is 0 Å². The predicted molar refractivity (Wildman–Crippen MR) is 103 cm³/mol. The Bertz CT molecular complexity index is 971. The van der Waals surface area contributed by atoms with Crippen LogP contribution in [0.3, 0.4) is 0 Å². The van der Waals surface area contributed by atoms with Crippen molar-refractivity contribution in [1.29, 1.82) is 0 Å². The number of hydrogen-bond acceptors (Lipinski definition) is 4. The molecular weight excluding hydrogens is 459 g/mol. The lowest BCUT2D eigenvalue weighted by atomic mass is 10.1. The van der Waals surface area contributed by atoms with Crippen LogP contribution in [-0.4, -0.2) is 10.8 Å². The molecule has 1 N–H and O–H groups in total. The van der Waals surface area contributed by atoms with Crippen LogP contribution in [0.25, 0.3) is 11.3 Å². The zero-order valence-electron chi connectivity index (χ0n) is 12.5. The first kappa shape index (κ1) is 17.4. The smallest absolute Gasteiger partial charge is 0.291 e. The van der Waals surface area contributed by atoms with Gasteiger partial charge in [0.25, 0.3) is 11.6 Å². The van der Waals surface area contributed by atoms with Crippen molar-refractivity contribution in [2.45, 2.75) is 0 Å². The number of benzene rings is 2. The maximum Gasteiger partial charge on any atom is 0.291 e. The van der Waals surface area contributed by atoms with E-state index in [1.54, 1.807) is 18.2 Å². The van der Waals surface area contributed by atoms with Crippen LogP contribution in [0, 0.1) is 13.7 Å². The molecule has 3 rings (SSSR count). The molecule has 0 atom stereocenters. The molecule has 0 saturated carbocycles. The number of nitrogens with one attached hydrogen (secondary N) is 1. The van der Waals surface area contributed by atoms with Crippen LogP contribution < -0.4 is 5.32 Å². The average Bonchev–Trinajstić information content (AvgIpc) is 3.05. The minimum absolute atomic E-state index is 0.0388. The van der Waals surface area contributed by atoms with Gasteiger partial charge in [0.1, 0.15) is 10.8 Å². The lowest BCUT2D eigenvalue weighted by molar-refractivity contribution is -0.384. The number of anilines is 1. The van der Waals surface area contributed by atoms with E-state index >= 15 is 0 Å². The number of carbonyl (C=O) groups excluding carboxylic acids is 1. The highest BCUT2D eigenvalue weighted by Gasteiger charge is 2.17. The van der Waals surface area contributed by atoms with Crippen molar-refractivity contribution < 1.29 is 14.1 Å². The molecule has 1 aromatic heterocycles. The minimum Gasteiger partial charge on any atom is -0.451 e. The van der Waals surface area contributed by atoms with Gasteiger partial charge in [-0.05, 0) is 65.1 Å². The molecule has 6 nitrogen and oxygen atoms in total. The van der Waals surface area contributed by atoms with Crippen molar-refractivity contribution in [3.63, 3.8) is 0 Å². The molecule has 0 unspecified atom stereocenters. The maximum atomic E-state index is 12.3. The van der Waals surface area contributed by atoms with Gasteiger partial charge in [0, 0.05) is 20.9 Å². The standard InChI is InChI=1S/C17H10ClIN2O4/c18-13-5-4-10(8-14(13)21(23)24)15-6-7-16(25-15)17(22)20-12-3-1-2-11(19)9-12/h1-9H,(H,20,22). The SMILES string of the molecule is O=C(Nc1cccc(I)c1)c1ccc(-c2ccc(Cl)c([N+](=O)[O-])c2)o1. The summed E-state index contributed by atoms with van der Waals surface area (Å²) in [5.41, 5.74) is 0.891. The molecule has 0 spiro atoms. The fraction of sp³-hybridized carbons (Fsp3) is 0. The lowest BCUT2D eigenvalue weighted by Crippen LogP contribution is -2.10. The quantitative estimate of drug-likeness (QED) is 0.317. The minimum atomic E-state index is -0.570. The van der Waals surface area contributed by atoms with E-state index in [0.717, 1.165) is 3.57 Å². The van der Waals surface area contributed by atoms with E-state index < -0.39 is 10.8 Å². The lowest BCUT2D eigenvalue weighted by Gasteiger charge is -2.03. The van der Waals surface area contributed by atoms with E-state index in [1.165, 1.54) is 18.2 Å². The summed E-state index contributed by atoms with van der Waals surface area (Å²) in [6.07, 6.45) is 0. The number of halogens is 2. The molecule has 126 valence electrons. The van der Waals surface area contributed by atoms with Crippen molar-refractivity contribution in [3.05, 3.63) is 79.1 Å². The van der Waals surface area contributed by atoms with Crippen LogP contribution in [-0.2, 0) is 0 Å². The van der Waals surface area contributed by atoms with Gasteiger partial charge in [-0.2, -0.15) is 0 Å². The molecule has 2 aromatic carbocycles. The third kappa shape index (κ3) is 3.99. The molecule has 0 aliphatic rings. The Kier molecular flexibility index (Phi) is 5.05. The van der Waals surface area contributed by atoms with Gasteiger partial charge in [-0.3, -0.25) is 14.9 Å². The van der Waals surface area contributed by atoms with E-state index in [-0.39, 0.29) is 16.5 Å². The molecule has 0 saturated heterocycles. The highest BCUT2D eigenvalue weighted by atomic mass is 127. The number of rotatable bonds is 4. The van der Waals surface area contributed by atoms with Gasteiger partial charge < -0.3 is 9.73 Å². The Labute approximate surface area is 161 Å². The second kappa shape index (κ2) is 7.24. The van der Waals surface area contributed by atoms with Gasteiger partial charge in [-0.25, -0.2) is 0 Å². The van der Waals surface area contributed by atoms with Crippen LogP contribution in [0.4, 0.5) is 11.4 Å². The summed E-state index contributed by atoms with van der Waals surface area (Å²) < 4.78 is 6.52. The van der Waals surface area contributed by atoms with Crippen LogP contribution in [0.1, 0.15) is 10.6 Å². The molecule has 3 aromatic rings. The largest absolute Gasteiger partial charge is 0.451 e. The number of amides is 1. The first-order valence-electron chi connectivity index (χ1n) is 7.05. The summed E-state index contributed by atoms with van der Waals surface area (Å²) in [4.78, 5) is 22.7. The summed E-state index contributed by atoms with van der Waals surface area (Å²) in [5, 5.41) is 13.7. The Morgan fingerprint density at radius 2 is 1.96 bits per heavy atom. The number of nitrogens with zero attached hydrogens (tertiary/aromatic N) is 1. The summed E-state index contributed by atoms with van der Waals surface area (Å²) in [5.74, 6) is 0.0377. The molecule has 0 fully saturated rings. The normalized spacial score (nSPS) is 10.5. The first-order chi connectivity index (χ1) is 11.9. The third-order valence-corrected chi connectivity index (χ3v) is 4.33. The van der Waals surface area contributed by atoms with Gasteiger partial charge in [0.15, 0.2) is 5.76 Å². The van der Waals surface area contributed by atoms with Crippen molar-refractivity contribution in [2.24, 2.45) is 0 Å². The first-order valence-corrected chi connectivity index (χ1v) is 8.51. The predicted octanol–water partition coefficient (Wildman–Crippen LogP) is 5.37. The number of furan rings is 1. The van der Waals surface area contributed by atoms with Gasteiger partial charge in [-0.1, -0.05) is 17.7 Å². The Balaban J connectivity index is 1.84. The summed E-state index contributed by atoms with van der Waals surface area (Å²) >= 11 is 7.95. The number of carbonyl (C=O) groups is 1. The monoisotopic (exact) mass is 468 g/mol. The summed E-state index contributed by atoms with van der Waals surface area (Å²) in [7, 11) is 0.